The summed E-state index contributed by atoms with van der Waals surface area (Å²) in [5.41, 5.74) is 0.282. The minimum Gasteiger partial charge on any atom is -0.469 e. The van der Waals surface area contributed by atoms with E-state index in [1.165, 1.54) is 11.7 Å². The van der Waals surface area contributed by atoms with E-state index in [0.717, 1.165) is 11.8 Å². The van der Waals surface area contributed by atoms with Gasteiger partial charge < -0.3 is 14.5 Å². The standard InChI is InChI=1S/C20H21N3O5S/c1-13(16-8-5-11-28-16)21-17(24)12-29-20-22-15-7-4-3-6-14(15)19(26)23(20)10-9-18(25)27-2/h3-8,11,13H,9-10,12H2,1-2H3,(H,21,24)/t13-/m0/s1. The van der Waals surface area contributed by atoms with Crippen LogP contribution in [0.5, 0.6) is 0 Å². The zero-order valence-electron chi connectivity index (χ0n) is 16.1. The van der Waals surface area contributed by atoms with E-state index < -0.39 is 5.97 Å². The van der Waals surface area contributed by atoms with Gasteiger partial charge in [0.05, 0.1) is 42.5 Å². The Morgan fingerprint density at radius 3 is 2.79 bits per heavy atom. The number of furan rings is 1. The second-order valence-electron chi connectivity index (χ2n) is 6.29. The van der Waals surface area contributed by atoms with Crippen LogP contribution in [0, 0.1) is 0 Å². The molecule has 1 atom stereocenters. The molecule has 0 spiro atoms. The number of esters is 1. The number of carbonyl (C=O) groups excluding carboxylic acids is 2. The Labute approximate surface area is 171 Å². The van der Waals surface area contributed by atoms with Crippen molar-refractivity contribution in [2.45, 2.75) is 31.1 Å². The van der Waals surface area contributed by atoms with Crippen molar-refractivity contribution in [3.05, 3.63) is 58.8 Å². The SMILES string of the molecule is COC(=O)CCn1c(SCC(=O)N[C@@H](C)c2ccco2)nc2ccccc2c1=O. The van der Waals surface area contributed by atoms with E-state index in [1.807, 2.05) is 6.92 Å². The number of fused-ring (bicyclic) bond motifs is 1. The molecule has 2 heterocycles. The highest BCUT2D eigenvalue weighted by atomic mass is 32.2. The van der Waals surface area contributed by atoms with Crippen molar-refractivity contribution in [1.82, 2.24) is 14.9 Å². The second kappa shape index (κ2) is 9.42. The summed E-state index contributed by atoms with van der Waals surface area (Å²) >= 11 is 1.14. The van der Waals surface area contributed by atoms with E-state index in [9.17, 15) is 14.4 Å². The number of nitrogens with one attached hydrogen (secondary N) is 1. The predicted molar refractivity (Wildman–Crippen MR) is 109 cm³/mol. The average Bonchev–Trinajstić information content (AvgIpc) is 3.26. The molecule has 3 rings (SSSR count). The van der Waals surface area contributed by atoms with Gasteiger partial charge in [-0.25, -0.2) is 4.98 Å². The van der Waals surface area contributed by atoms with Crippen molar-refractivity contribution in [2.24, 2.45) is 0 Å². The summed E-state index contributed by atoms with van der Waals surface area (Å²) in [7, 11) is 1.30. The molecule has 0 aliphatic heterocycles. The summed E-state index contributed by atoms with van der Waals surface area (Å²) in [4.78, 5) is 41.3. The zero-order valence-corrected chi connectivity index (χ0v) is 16.9. The first kappa shape index (κ1) is 20.7. The fourth-order valence-electron chi connectivity index (χ4n) is 2.78. The van der Waals surface area contributed by atoms with Crippen molar-refractivity contribution >= 4 is 34.5 Å². The molecular formula is C20H21N3O5S. The maximum absolute atomic E-state index is 12.9. The summed E-state index contributed by atoms with van der Waals surface area (Å²) in [5.74, 6) is 0.0719. The zero-order chi connectivity index (χ0) is 20.8. The van der Waals surface area contributed by atoms with Crippen molar-refractivity contribution in [3.8, 4) is 0 Å². The van der Waals surface area contributed by atoms with E-state index in [4.69, 9.17) is 4.42 Å². The third kappa shape index (κ3) is 5.05. The number of rotatable bonds is 8. The molecule has 29 heavy (non-hydrogen) atoms. The second-order valence-corrected chi connectivity index (χ2v) is 7.23. The molecule has 2 aromatic heterocycles. The first-order valence-corrected chi connectivity index (χ1v) is 10.00. The molecule has 0 unspecified atom stereocenters. The number of aromatic nitrogens is 2. The molecule has 3 aromatic rings. The summed E-state index contributed by atoms with van der Waals surface area (Å²) < 4.78 is 11.4. The molecule has 9 heteroatoms. The van der Waals surface area contributed by atoms with Crippen LogP contribution in [0.1, 0.15) is 25.1 Å². The van der Waals surface area contributed by atoms with Crippen LogP contribution in [0.3, 0.4) is 0 Å². The highest BCUT2D eigenvalue weighted by Crippen LogP contribution is 2.19. The number of nitrogens with zero attached hydrogens (tertiary/aromatic N) is 2. The maximum atomic E-state index is 12.9. The molecule has 8 nitrogen and oxygen atoms in total. The van der Waals surface area contributed by atoms with E-state index in [0.29, 0.717) is 21.8 Å². The van der Waals surface area contributed by atoms with Crippen LogP contribution in [0.4, 0.5) is 0 Å². The lowest BCUT2D eigenvalue weighted by Gasteiger charge is -2.14. The van der Waals surface area contributed by atoms with Crippen LogP contribution in [0.25, 0.3) is 10.9 Å². The molecule has 0 fully saturated rings. The smallest absolute Gasteiger partial charge is 0.307 e. The molecule has 0 aliphatic carbocycles. The molecule has 1 N–H and O–H groups in total. The predicted octanol–water partition coefficient (Wildman–Crippen LogP) is 2.52. The summed E-state index contributed by atoms with van der Waals surface area (Å²) in [5, 5.41) is 3.67. The molecule has 0 aliphatic rings. The molecular weight excluding hydrogens is 394 g/mol. The van der Waals surface area contributed by atoms with E-state index in [-0.39, 0.29) is 36.2 Å². The fraction of sp³-hybridized carbons (Fsp3) is 0.300. The van der Waals surface area contributed by atoms with Crippen molar-refractivity contribution < 1.29 is 18.7 Å². The first-order chi connectivity index (χ1) is 14.0. The molecule has 152 valence electrons. The molecule has 0 saturated carbocycles. The topological polar surface area (TPSA) is 103 Å². The fourth-order valence-corrected chi connectivity index (χ4v) is 3.62. The number of ether oxygens (including phenoxy) is 1. The number of hydrogen-bond acceptors (Lipinski definition) is 7. The lowest BCUT2D eigenvalue weighted by Crippen LogP contribution is -2.29. The average molecular weight is 415 g/mol. The minimum absolute atomic E-state index is 0.0334. The monoisotopic (exact) mass is 415 g/mol. The van der Waals surface area contributed by atoms with Gasteiger partial charge in [0.25, 0.3) is 5.56 Å². The van der Waals surface area contributed by atoms with Gasteiger partial charge in [0.1, 0.15) is 5.76 Å². The van der Waals surface area contributed by atoms with Gasteiger partial charge in [0, 0.05) is 6.54 Å². The lowest BCUT2D eigenvalue weighted by atomic mass is 10.2. The number of benzene rings is 1. The van der Waals surface area contributed by atoms with E-state index in [2.05, 4.69) is 15.0 Å². The van der Waals surface area contributed by atoms with Gasteiger partial charge >= 0.3 is 5.97 Å². The lowest BCUT2D eigenvalue weighted by molar-refractivity contribution is -0.140. The molecule has 1 aromatic carbocycles. The molecule has 0 radical (unpaired) electrons. The van der Waals surface area contributed by atoms with Gasteiger partial charge in [-0.15, -0.1) is 0 Å². The Kier molecular flexibility index (Phi) is 6.71. The maximum Gasteiger partial charge on any atom is 0.307 e. The Morgan fingerprint density at radius 2 is 2.07 bits per heavy atom. The van der Waals surface area contributed by atoms with Crippen LogP contribution in [-0.2, 0) is 20.9 Å². The van der Waals surface area contributed by atoms with Crippen molar-refractivity contribution in [1.29, 1.82) is 0 Å². The summed E-state index contributed by atoms with van der Waals surface area (Å²) in [6.07, 6.45) is 1.58. The van der Waals surface area contributed by atoms with Gasteiger partial charge in [-0.3, -0.25) is 19.0 Å². The Morgan fingerprint density at radius 1 is 1.28 bits per heavy atom. The van der Waals surface area contributed by atoms with E-state index in [1.54, 1.807) is 42.7 Å². The normalized spacial score (nSPS) is 11.9. The highest BCUT2D eigenvalue weighted by molar-refractivity contribution is 7.99. The minimum atomic E-state index is -0.425. The quantitative estimate of drug-likeness (QED) is 0.342. The van der Waals surface area contributed by atoms with Crippen molar-refractivity contribution in [3.63, 3.8) is 0 Å². The number of methoxy groups -OCH3 is 1. The van der Waals surface area contributed by atoms with Crippen LogP contribution < -0.4 is 10.9 Å². The van der Waals surface area contributed by atoms with Crippen LogP contribution in [0.2, 0.25) is 0 Å². The van der Waals surface area contributed by atoms with Gasteiger partial charge in [0.15, 0.2) is 5.16 Å². The van der Waals surface area contributed by atoms with Crippen molar-refractivity contribution in [2.75, 3.05) is 12.9 Å². The molecule has 1 amide bonds. The number of thioether (sulfide) groups is 1. The Balaban J connectivity index is 1.78. The number of para-hydroxylation sites is 1. The molecule has 0 bridgehead atoms. The van der Waals surface area contributed by atoms with E-state index >= 15 is 0 Å². The number of amides is 1. The molecule has 0 saturated heterocycles. The van der Waals surface area contributed by atoms with Gasteiger partial charge in [-0.05, 0) is 31.2 Å². The highest BCUT2D eigenvalue weighted by Gasteiger charge is 2.16. The first-order valence-electron chi connectivity index (χ1n) is 9.01. The summed E-state index contributed by atoms with van der Waals surface area (Å²) in [6, 6.07) is 10.2. The van der Waals surface area contributed by atoms with Gasteiger partial charge in [-0.2, -0.15) is 0 Å². The summed E-state index contributed by atoms with van der Waals surface area (Å²) in [6.45, 7) is 1.94. The van der Waals surface area contributed by atoms with Gasteiger partial charge in [-0.1, -0.05) is 23.9 Å². The number of carbonyl (C=O) groups is 2. The number of hydrogen-bond donors (Lipinski definition) is 1. The third-order valence-electron chi connectivity index (χ3n) is 4.27. The van der Waals surface area contributed by atoms with Crippen LogP contribution in [0.15, 0.2) is 57.0 Å². The van der Waals surface area contributed by atoms with Gasteiger partial charge in [0.2, 0.25) is 5.91 Å². The van der Waals surface area contributed by atoms with Crippen LogP contribution in [-0.4, -0.2) is 34.3 Å². The van der Waals surface area contributed by atoms with Crippen LogP contribution >= 0.6 is 11.8 Å². The largest absolute Gasteiger partial charge is 0.469 e. The Hall–Kier alpha value is -3.07. The third-order valence-corrected chi connectivity index (χ3v) is 5.25. The Bertz CT molecular complexity index is 1060.